The van der Waals surface area contributed by atoms with E-state index in [4.69, 9.17) is 9.47 Å². The average molecular weight is 659 g/mol. The molecule has 0 aliphatic rings. The lowest BCUT2D eigenvalue weighted by molar-refractivity contribution is -0.343. The van der Waals surface area contributed by atoms with Crippen LogP contribution in [0.4, 0.5) is 0 Å². The summed E-state index contributed by atoms with van der Waals surface area (Å²) >= 11 is 0. The van der Waals surface area contributed by atoms with E-state index in [2.05, 4.69) is 30.5 Å². The van der Waals surface area contributed by atoms with Crippen molar-refractivity contribution in [2.24, 2.45) is 0 Å². The van der Waals surface area contributed by atoms with Crippen molar-refractivity contribution in [3.05, 3.63) is 12.2 Å². The molecule has 0 amide bonds. The van der Waals surface area contributed by atoms with Gasteiger partial charge in [0.1, 0.15) is 6.61 Å². The van der Waals surface area contributed by atoms with Gasteiger partial charge in [-0.15, -0.1) is 0 Å². The molecule has 8 nitrogen and oxygen atoms in total. The van der Waals surface area contributed by atoms with Crippen LogP contribution in [-0.2, 0) is 28.2 Å². The summed E-state index contributed by atoms with van der Waals surface area (Å²) in [7, 11) is -5.24. The van der Waals surface area contributed by atoms with Crippen LogP contribution in [0.5, 0.6) is 0 Å². The zero-order valence-corrected chi connectivity index (χ0v) is 29.8. The molecule has 1 atom stereocenters. The number of hydrogen-bond donors (Lipinski definition) is 0. The van der Waals surface area contributed by atoms with Gasteiger partial charge in [0.25, 0.3) is 0 Å². The number of rotatable bonds is 34. The Hall–Kier alpha value is -1.21. The number of hydrogen-bond acceptors (Lipinski definition) is 8. The molecule has 0 rings (SSSR count). The highest BCUT2D eigenvalue weighted by Gasteiger charge is 2.18. The Morgan fingerprint density at radius 2 is 0.933 bits per heavy atom. The number of allylic oxidation sites excluding steroid dienone is 2. The molecule has 0 spiro atoms. The molecule has 0 aromatic heterocycles. The third-order valence-electron chi connectivity index (χ3n) is 8.02. The van der Waals surface area contributed by atoms with Gasteiger partial charge in [0, 0.05) is 12.8 Å². The quantitative estimate of drug-likeness (QED) is 0.0290. The lowest BCUT2D eigenvalue weighted by Crippen LogP contribution is -2.31. The molecule has 0 N–H and O–H groups in total. The maximum absolute atomic E-state index is 12.3. The monoisotopic (exact) mass is 658 g/mol. The van der Waals surface area contributed by atoms with Crippen molar-refractivity contribution in [1.82, 2.24) is 0 Å². The van der Waals surface area contributed by atoms with E-state index >= 15 is 0 Å². The van der Waals surface area contributed by atoms with Crippen molar-refractivity contribution < 1.29 is 37.9 Å². The van der Waals surface area contributed by atoms with Gasteiger partial charge in [-0.25, -0.2) is 0 Å². The lowest BCUT2D eigenvalue weighted by atomic mass is 10.0. The van der Waals surface area contributed by atoms with Crippen molar-refractivity contribution >= 4 is 19.8 Å². The molecular formula is C36H67O8P-2. The molecule has 266 valence electrons. The minimum Gasteiger partial charge on any atom is -0.790 e. The number of carbonyl (C=O) groups excluding carboxylic acids is 2. The molecule has 0 radical (unpaired) electrons. The standard InChI is InChI=1S/C36H69O8P/c1-3-5-7-9-11-13-15-17-18-19-21-22-24-26-28-30-35(37)42-32-34(33-43-45(39,40)41)44-36(38)31-29-27-25-23-20-16-14-12-10-8-6-4-2/h17-18,34H,3-16,19-33H2,1-2H3,(H2,39,40,41)/p-2/b18-17-/t34-/m1/s1. The first-order valence-corrected chi connectivity index (χ1v) is 19.9. The van der Waals surface area contributed by atoms with Gasteiger partial charge in [0.05, 0.1) is 14.4 Å². The number of carbonyl (C=O) groups is 2. The zero-order chi connectivity index (χ0) is 33.3. The molecule has 0 aliphatic carbocycles. The third kappa shape index (κ3) is 35.5. The highest BCUT2D eigenvalue weighted by Crippen LogP contribution is 2.25. The summed E-state index contributed by atoms with van der Waals surface area (Å²) in [6.07, 6.45) is 33.2. The molecule has 0 aromatic rings. The Labute approximate surface area is 276 Å². The summed E-state index contributed by atoms with van der Waals surface area (Å²) in [6, 6.07) is 0. The van der Waals surface area contributed by atoms with Gasteiger partial charge < -0.3 is 28.3 Å². The SMILES string of the molecule is CCCCCCCC/C=C\CCCCCCCC(=O)OC[C@H](COP(=O)([O-])[O-])OC(=O)CCCCCCCCCCCCCC. The van der Waals surface area contributed by atoms with Gasteiger partial charge in [0.2, 0.25) is 0 Å². The van der Waals surface area contributed by atoms with Crippen molar-refractivity contribution in [3.63, 3.8) is 0 Å². The largest absolute Gasteiger partial charge is 0.790 e. The zero-order valence-electron chi connectivity index (χ0n) is 29.0. The number of phosphoric acid groups is 1. The molecule has 0 aliphatic heterocycles. The first-order valence-electron chi connectivity index (χ1n) is 18.4. The highest BCUT2D eigenvalue weighted by atomic mass is 31.2. The summed E-state index contributed by atoms with van der Waals surface area (Å²) in [5, 5.41) is 0. The highest BCUT2D eigenvalue weighted by molar-refractivity contribution is 7.43. The molecule has 0 bridgehead atoms. The summed E-state index contributed by atoms with van der Waals surface area (Å²) in [6.45, 7) is 3.47. The number of phosphoric ester groups is 1. The van der Waals surface area contributed by atoms with Crippen LogP contribution in [0.15, 0.2) is 12.2 Å². The van der Waals surface area contributed by atoms with Crippen molar-refractivity contribution in [2.75, 3.05) is 13.2 Å². The fourth-order valence-corrected chi connectivity index (χ4v) is 5.59. The second kappa shape index (κ2) is 32.7. The average Bonchev–Trinajstić information content (AvgIpc) is 3.00. The van der Waals surface area contributed by atoms with Crippen molar-refractivity contribution in [1.29, 1.82) is 0 Å². The van der Waals surface area contributed by atoms with E-state index in [1.54, 1.807) is 0 Å². The molecule has 0 heterocycles. The minimum atomic E-state index is -5.24. The van der Waals surface area contributed by atoms with Gasteiger partial charge >= 0.3 is 11.9 Å². The van der Waals surface area contributed by atoms with Crippen LogP contribution in [0.3, 0.4) is 0 Å². The van der Waals surface area contributed by atoms with Crippen LogP contribution in [-0.4, -0.2) is 31.3 Å². The second-order valence-corrected chi connectivity index (χ2v) is 13.7. The summed E-state index contributed by atoms with van der Waals surface area (Å²) < 4.78 is 25.7. The molecule has 0 unspecified atom stereocenters. The molecule has 45 heavy (non-hydrogen) atoms. The van der Waals surface area contributed by atoms with Crippen molar-refractivity contribution in [2.45, 2.75) is 193 Å². The fraction of sp³-hybridized carbons (Fsp3) is 0.889. The van der Waals surface area contributed by atoms with Crippen molar-refractivity contribution in [3.8, 4) is 0 Å². The molecule has 9 heteroatoms. The molecular weight excluding hydrogens is 591 g/mol. The molecule has 0 saturated heterocycles. The fourth-order valence-electron chi connectivity index (χ4n) is 5.24. The summed E-state index contributed by atoms with van der Waals surface area (Å²) in [4.78, 5) is 46.3. The van der Waals surface area contributed by atoms with Crippen LogP contribution in [0.1, 0.15) is 187 Å². The third-order valence-corrected chi connectivity index (χ3v) is 8.49. The van der Waals surface area contributed by atoms with Gasteiger partial charge in [-0.05, 0) is 38.5 Å². The minimum absolute atomic E-state index is 0.184. The number of ether oxygens (including phenoxy) is 2. The molecule has 0 aromatic carbocycles. The van der Waals surface area contributed by atoms with Gasteiger partial charge in [-0.3, -0.25) is 9.59 Å². The smallest absolute Gasteiger partial charge is 0.306 e. The predicted molar refractivity (Wildman–Crippen MR) is 180 cm³/mol. The van der Waals surface area contributed by atoms with Gasteiger partial charge in [-0.2, -0.15) is 0 Å². The molecule has 0 fully saturated rings. The normalized spacial score (nSPS) is 12.5. The summed E-state index contributed by atoms with van der Waals surface area (Å²) in [5.74, 6) is -0.960. The van der Waals surface area contributed by atoms with Crippen LogP contribution in [0.25, 0.3) is 0 Å². The maximum Gasteiger partial charge on any atom is 0.306 e. The first kappa shape index (κ1) is 43.8. The Morgan fingerprint density at radius 3 is 1.36 bits per heavy atom. The Bertz CT molecular complexity index is 751. The Kier molecular flexibility index (Phi) is 31.8. The maximum atomic E-state index is 12.3. The first-order chi connectivity index (χ1) is 21.8. The van der Waals surface area contributed by atoms with Crippen LogP contribution in [0.2, 0.25) is 0 Å². The second-order valence-electron chi connectivity index (χ2n) is 12.5. The van der Waals surface area contributed by atoms with E-state index in [0.29, 0.717) is 12.8 Å². The van der Waals surface area contributed by atoms with Crippen LogP contribution in [0, 0.1) is 0 Å². The predicted octanol–water partition coefficient (Wildman–Crippen LogP) is 9.42. The van der Waals surface area contributed by atoms with E-state index in [9.17, 15) is 23.9 Å². The van der Waals surface area contributed by atoms with E-state index in [-0.39, 0.29) is 19.4 Å². The van der Waals surface area contributed by atoms with E-state index in [1.165, 1.54) is 96.3 Å². The number of esters is 2. The van der Waals surface area contributed by atoms with Gasteiger partial charge in [-0.1, -0.05) is 148 Å². The lowest BCUT2D eigenvalue weighted by Gasteiger charge is -2.30. The summed E-state index contributed by atoms with van der Waals surface area (Å²) in [5.41, 5.74) is 0. The van der Waals surface area contributed by atoms with E-state index in [0.717, 1.165) is 51.4 Å². The van der Waals surface area contributed by atoms with Gasteiger partial charge in [0.15, 0.2) is 6.10 Å². The van der Waals surface area contributed by atoms with E-state index < -0.39 is 32.5 Å². The Morgan fingerprint density at radius 1 is 0.556 bits per heavy atom. The van der Waals surface area contributed by atoms with Crippen LogP contribution < -0.4 is 9.79 Å². The Balaban J connectivity index is 3.96. The van der Waals surface area contributed by atoms with E-state index in [1.807, 2.05) is 0 Å². The molecule has 0 saturated carbocycles. The topological polar surface area (TPSA) is 125 Å². The van der Waals surface area contributed by atoms with Crippen LogP contribution >= 0.6 is 7.82 Å². The number of unbranched alkanes of at least 4 members (excludes halogenated alkanes) is 22.